The molecule has 1 rings (SSSR count). The lowest BCUT2D eigenvalue weighted by atomic mass is 9.84. The molecule has 1 aliphatic carbocycles. The maximum Gasteiger partial charge on any atom is 0.323 e. The maximum atomic E-state index is 12.4. The van der Waals surface area contributed by atoms with Gasteiger partial charge in [-0.15, -0.1) is 0 Å². The zero-order valence-corrected chi connectivity index (χ0v) is 20.3. The number of carbonyl (C=O) groups is 2. The zero-order valence-electron chi connectivity index (χ0n) is 19.3. The predicted octanol–water partition coefficient (Wildman–Crippen LogP) is 6.21. The van der Waals surface area contributed by atoms with E-state index in [0.717, 1.165) is 12.8 Å². The van der Waals surface area contributed by atoms with Gasteiger partial charge >= 0.3 is 11.9 Å². The number of rotatable bonds is 13. The number of carbonyl (C=O) groups excluding carboxylic acids is 2. The Bertz CT molecular complexity index is 463. The van der Waals surface area contributed by atoms with Gasteiger partial charge in [0.1, 0.15) is 0 Å². The first-order valence-corrected chi connectivity index (χ1v) is 14.4. The highest BCUT2D eigenvalue weighted by Gasteiger charge is 2.56. The number of unbranched alkanes of at least 4 members (excludes halogenated alkanes) is 3. The second-order valence-electron chi connectivity index (χ2n) is 8.92. The van der Waals surface area contributed by atoms with Crippen LogP contribution in [0, 0.1) is 17.3 Å². The molecule has 0 aromatic rings. The fourth-order valence-electron chi connectivity index (χ4n) is 5.48. The van der Waals surface area contributed by atoms with Crippen LogP contribution in [0.15, 0.2) is 0 Å². The van der Waals surface area contributed by atoms with Crippen LogP contribution in [0.1, 0.15) is 79.1 Å². The quantitative estimate of drug-likeness (QED) is 0.156. The summed E-state index contributed by atoms with van der Waals surface area (Å²) in [6.45, 7) is 9.32. The summed E-state index contributed by atoms with van der Waals surface area (Å²) in [6, 6.07) is 5.74. The van der Waals surface area contributed by atoms with E-state index in [4.69, 9.17) is 9.47 Å². The third kappa shape index (κ3) is 5.84. The molecule has 5 heteroatoms. The van der Waals surface area contributed by atoms with Crippen LogP contribution in [0.4, 0.5) is 0 Å². The van der Waals surface area contributed by atoms with E-state index in [1.165, 1.54) is 64.1 Å². The maximum absolute atomic E-state index is 12.4. The summed E-state index contributed by atoms with van der Waals surface area (Å²) < 4.78 is 9.97. The lowest BCUT2D eigenvalue weighted by Gasteiger charge is -2.28. The normalized spacial score (nSPS) is 21.5. The van der Waals surface area contributed by atoms with E-state index in [2.05, 4.69) is 27.7 Å². The Morgan fingerprint density at radius 2 is 1.32 bits per heavy atom. The van der Waals surface area contributed by atoms with Gasteiger partial charge in [0.2, 0.25) is 0 Å². The topological polar surface area (TPSA) is 52.6 Å². The monoisotopic (exact) mass is 412 g/mol. The van der Waals surface area contributed by atoms with Crippen molar-refractivity contribution in [2.75, 3.05) is 14.2 Å². The number of methoxy groups -OCH3 is 2. The minimum Gasteiger partial charge on any atom is -0.468 e. The molecule has 0 aromatic carbocycles. The second-order valence-corrected chi connectivity index (χ2v) is 14.5. The molecule has 1 fully saturated rings. The van der Waals surface area contributed by atoms with E-state index < -0.39 is 25.4 Å². The largest absolute Gasteiger partial charge is 0.468 e. The molecule has 0 N–H and O–H groups in total. The molecule has 2 atom stereocenters. The van der Waals surface area contributed by atoms with Crippen molar-refractivity contribution in [1.82, 2.24) is 0 Å². The first kappa shape index (κ1) is 25.2. The molecule has 0 saturated heterocycles. The Kier molecular flexibility index (Phi) is 10.8. The zero-order chi connectivity index (χ0) is 21.2. The van der Waals surface area contributed by atoms with Crippen LogP contribution in [-0.2, 0) is 19.1 Å². The minimum atomic E-state index is -1.08. The van der Waals surface area contributed by atoms with E-state index in [9.17, 15) is 9.59 Å². The highest BCUT2D eigenvalue weighted by molar-refractivity contribution is 6.79. The second kappa shape index (κ2) is 12.0. The standard InChI is InChI=1S/C23H44O4Si/c1-7-19-17-23(21(24)26-5,22(25)27-6)18-20(19)15-13-11-12-14-16-28(8-2,9-3)10-4/h19-20H,7-18H2,1-6H3/t19-,20-/m0/s1. The van der Waals surface area contributed by atoms with E-state index in [1.54, 1.807) is 0 Å². The molecule has 0 heterocycles. The summed E-state index contributed by atoms with van der Waals surface area (Å²) >= 11 is 0. The predicted molar refractivity (Wildman–Crippen MR) is 118 cm³/mol. The third-order valence-corrected chi connectivity index (χ3v) is 13.8. The first-order chi connectivity index (χ1) is 13.4. The van der Waals surface area contributed by atoms with E-state index in [1.807, 2.05) is 0 Å². The molecular weight excluding hydrogens is 368 g/mol. The van der Waals surface area contributed by atoms with E-state index in [0.29, 0.717) is 24.7 Å². The van der Waals surface area contributed by atoms with Gasteiger partial charge in [0.05, 0.1) is 22.3 Å². The van der Waals surface area contributed by atoms with Crippen LogP contribution in [0.25, 0.3) is 0 Å². The lowest BCUT2D eigenvalue weighted by Crippen LogP contribution is -2.39. The highest BCUT2D eigenvalue weighted by atomic mass is 28.3. The van der Waals surface area contributed by atoms with Gasteiger partial charge in [0, 0.05) is 0 Å². The Morgan fingerprint density at radius 3 is 1.79 bits per heavy atom. The summed E-state index contributed by atoms with van der Waals surface area (Å²) in [5, 5.41) is 0. The van der Waals surface area contributed by atoms with Crippen molar-refractivity contribution in [1.29, 1.82) is 0 Å². The molecule has 0 spiro atoms. The molecule has 0 unspecified atom stereocenters. The molecule has 28 heavy (non-hydrogen) atoms. The SMILES string of the molecule is CC[C@H]1CC(C(=O)OC)(C(=O)OC)C[C@@H]1CCCCCC[Si](CC)(CC)CC. The molecule has 0 aromatic heterocycles. The summed E-state index contributed by atoms with van der Waals surface area (Å²) in [6.07, 6.45) is 8.41. The van der Waals surface area contributed by atoms with Crippen molar-refractivity contribution in [2.24, 2.45) is 17.3 Å². The van der Waals surface area contributed by atoms with Crippen molar-refractivity contribution >= 4 is 20.0 Å². The van der Waals surface area contributed by atoms with Crippen LogP contribution in [-0.4, -0.2) is 34.2 Å². The molecule has 1 saturated carbocycles. The summed E-state index contributed by atoms with van der Waals surface area (Å²) in [4.78, 5) is 24.8. The van der Waals surface area contributed by atoms with E-state index >= 15 is 0 Å². The molecule has 164 valence electrons. The van der Waals surface area contributed by atoms with Crippen LogP contribution in [0.5, 0.6) is 0 Å². The summed E-state index contributed by atoms with van der Waals surface area (Å²) in [7, 11) is 1.76. The van der Waals surface area contributed by atoms with Crippen molar-refractivity contribution in [3.63, 3.8) is 0 Å². The third-order valence-electron chi connectivity index (χ3n) is 7.85. The van der Waals surface area contributed by atoms with Crippen molar-refractivity contribution < 1.29 is 19.1 Å². The van der Waals surface area contributed by atoms with Gasteiger partial charge in [-0.3, -0.25) is 9.59 Å². The molecule has 0 radical (unpaired) electrons. The molecule has 0 amide bonds. The fourth-order valence-corrected chi connectivity index (χ4v) is 9.04. The smallest absolute Gasteiger partial charge is 0.323 e. The Labute approximate surface area is 174 Å². The van der Waals surface area contributed by atoms with Gasteiger partial charge in [-0.05, 0) is 24.7 Å². The van der Waals surface area contributed by atoms with E-state index in [-0.39, 0.29) is 0 Å². The van der Waals surface area contributed by atoms with Crippen LogP contribution in [0.3, 0.4) is 0 Å². The molecule has 1 aliphatic rings. The van der Waals surface area contributed by atoms with Crippen molar-refractivity contribution in [2.45, 2.75) is 103 Å². The van der Waals surface area contributed by atoms with Crippen LogP contribution >= 0.6 is 0 Å². The Morgan fingerprint density at radius 1 is 0.821 bits per heavy atom. The fraction of sp³-hybridized carbons (Fsp3) is 0.913. The van der Waals surface area contributed by atoms with Crippen molar-refractivity contribution in [3.8, 4) is 0 Å². The minimum absolute atomic E-state index is 0.401. The average molecular weight is 413 g/mol. The average Bonchev–Trinajstić information content (AvgIpc) is 3.12. The lowest BCUT2D eigenvalue weighted by molar-refractivity contribution is -0.169. The molecule has 0 bridgehead atoms. The van der Waals surface area contributed by atoms with Crippen LogP contribution < -0.4 is 0 Å². The number of ether oxygens (including phenoxy) is 2. The van der Waals surface area contributed by atoms with Gasteiger partial charge in [-0.1, -0.05) is 90.4 Å². The molecular formula is C23H44O4Si. The van der Waals surface area contributed by atoms with Gasteiger partial charge in [-0.2, -0.15) is 0 Å². The molecule has 0 aliphatic heterocycles. The van der Waals surface area contributed by atoms with Gasteiger partial charge < -0.3 is 9.47 Å². The van der Waals surface area contributed by atoms with Gasteiger partial charge in [0.25, 0.3) is 0 Å². The first-order valence-electron chi connectivity index (χ1n) is 11.5. The summed E-state index contributed by atoms with van der Waals surface area (Å²) in [5.74, 6) is -0.0160. The molecule has 4 nitrogen and oxygen atoms in total. The number of hydrogen-bond donors (Lipinski definition) is 0. The van der Waals surface area contributed by atoms with Crippen LogP contribution in [0.2, 0.25) is 24.2 Å². The summed E-state index contributed by atoms with van der Waals surface area (Å²) in [5.41, 5.74) is -1.08. The highest BCUT2D eigenvalue weighted by Crippen LogP contribution is 2.50. The Balaban J connectivity index is 2.53. The van der Waals surface area contributed by atoms with Gasteiger partial charge in [0.15, 0.2) is 5.41 Å². The Hall–Kier alpha value is -0.843. The number of esters is 2. The van der Waals surface area contributed by atoms with Gasteiger partial charge in [-0.25, -0.2) is 0 Å². The number of hydrogen-bond acceptors (Lipinski definition) is 4. The van der Waals surface area contributed by atoms with Crippen molar-refractivity contribution in [3.05, 3.63) is 0 Å².